The van der Waals surface area contributed by atoms with E-state index in [9.17, 15) is 19.5 Å². The van der Waals surface area contributed by atoms with Gasteiger partial charge in [-0.25, -0.2) is 9.79 Å². The van der Waals surface area contributed by atoms with E-state index in [1.54, 1.807) is 62.6 Å². The Morgan fingerprint density at radius 2 is 1.86 bits per heavy atom. The first-order chi connectivity index (χ1) is 21.2. The number of hydrogen-bond acceptors (Lipinski definition) is 7. The number of nitrogens with zero attached hydrogens (tertiary/aromatic N) is 2. The molecule has 1 aliphatic rings. The Balaban J connectivity index is 1.44. The van der Waals surface area contributed by atoms with Crippen LogP contribution in [0.15, 0.2) is 110 Å². The van der Waals surface area contributed by atoms with Crippen LogP contribution in [0.4, 0.5) is 5.69 Å². The summed E-state index contributed by atoms with van der Waals surface area (Å²) in [6.07, 6.45) is 1.60. The summed E-state index contributed by atoms with van der Waals surface area (Å²) in [6, 6.07) is 23.5. The molecular formula is C33H24ClN3O6S. The van der Waals surface area contributed by atoms with Gasteiger partial charge in [-0.1, -0.05) is 53.3 Å². The van der Waals surface area contributed by atoms with E-state index < -0.39 is 12.0 Å². The number of allylic oxidation sites excluding steroid dienone is 1. The lowest BCUT2D eigenvalue weighted by molar-refractivity contribution is -0.113. The number of anilines is 1. The van der Waals surface area contributed by atoms with Crippen LogP contribution in [0.5, 0.6) is 5.75 Å². The summed E-state index contributed by atoms with van der Waals surface area (Å²) in [7, 11) is 1.55. The number of aromatic carboxylic acids is 1. The third-order valence-corrected chi connectivity index (χ3v) is 8.40. The van der Waals surface area contributed by atoms with Gasteiger partial charge in [-0.2, -0.15) is 0 Å². The number of carbonyl (C=O) groups is 2. The second-order valence-electron chi connectivity index (χ2n) is 9.88. The van der Waals surface area contributed by atoms with Gasteiger partial charge in [0.2, 0.25) is 0 Å². The Bertz CT molecular complexity index is 2150. The van der Waals surface area contributed by atoms with Gasteiger partial charge in [0.15, 0.2) is 4.80 Å². The number of halogens is 1. The van der Waals surface area contributed by atoms with Gasteiger partial charge in [0.05, 0.1) is 39.5 Å². The molecule has 1 amide bonds. The Kier molecular flexibility index (Phi) is 7.77. The highest BCUT2D eigenvalue weighted by Crippen LogP contribution is 2.32. The van der Waals surface area contributed by atoms with Crippen molar-refractivity contribution < 1.29 is 23.8 Å². The predicted molar refractivity (Wildman–Crippen MR) is 168 cm³/mol. The van der Waals surface area contributed by atoms with Crippen LogP contribution in [0.3, 0.4) is 0 Å². The Hall–Kier alpha value is -5.19. The maximum Gasteiger partial charge on any atom is 0.337 e. The maximum atomic E-state index is 14.0. The molecule has 2 aromatic heterocycles. The molecular weight excluding hydrogens is 602 g/mol. The summed E-state index contributed by atoms with van der Waals surface area (Å²) >= 11 is 7.19. The van der Waals surface area contributed by atoms with Crippen molar-refractivity contribution in [3.05, 3.63) is 138 Å². The normalized spacial score (nSPS) is 14.6. The van der Waals surface area contributed by atoms with Gasteiger partial charge >= 0.3 is 5.97 Å². The van der Waals surface area contributed by atoms with Crippen LogP contribution in [0, 0.1) is 0 Å². The number of furan rings is 1. The molecule has 1 aliphatic heterocycles. The van der Waals surface area contributed by atoms with Crippen LogP contribution in [-0.4, -0.2) is 28.7 Å². The number of thiazole rings is 1. The molecule has 0 bridgehead atoms. The predicted octanol–water partition coefficient (Wildman–Crippen LogP) is 5.49. The molecule has 0 aliphatic carbocycles. The molecule has 0 fully saturated rings. The number of methoxy groups -OCH3 is 1. The van der Waals surface area contributed by atoms with Gasteiger partial charge < -0.3 is 19.6 Å². The fourth-order valence-electron chi connectivity index (χ4n) is 5.02. The van der Waals surface area contributed by atoms with Crippen LogP contribution >= 0.6 is 22.9 Å². The van der Waals surface area contributed by atoms with E-state index in [1.807, 2.05) is 30.3 Å². The standard InChI is InChI=1S/C33H24ClN3O6S/c1-18-28(30(38)36-21-8-4-3-5-9-21)29(20-7-6-10-22(15-20)42-2)37-31(39)27(44-33(37)35-18)17-23-12-14-26(43-23)19-11-13-25(34)24(16-19)32(40)41/h3-17,29H,1-2H3,(H,36,38)(H,40,41)/b27-17-/t29-/m1/s1. The van der Waals surface area contributed by atoms with Gasteiger partial charge in [0, 0.05) is 17.3 Å². The summed E-state index contributed by atoms with van der Waals surface area (Å²) in [4.78, 5) is 44.3. The molecule has 0 saturated heterocycles. The van der Waals surface area contributed by atoms with Crippen LogP contribution in [-0.2, 0) is 4.79 Å². The average molecular weight is 626 g/mol. The van der Waals surface area contributed by atoms with Crippen LogP contribution < -0.4 is 24.9 Å². The summed E-state index contributed by atoms with van der Waals surface area (Å²) in [5, 5.41) is 12.5. The topological polar surface area (TPSA) is 123 Å². The Morgan fingerprint density at radius 3 is 2.61 bits per heavy atom. The van der Waals surface area contributed by atoms with Gasteiger partial charge in [-0.15, -0.1) is 0 Å². The molecule has 9 nitrogen and oxygen atoms in total. The SMILES string of the molecule is COc1cccc([C@@H]2C(C(=O)Nc3ccccc3)=C(C)N=c3s/c(=C\c4ccc(-c5ccc(Cl)c(C(=O)O)c5)o4)c(=O)n32)c1. The van der Waals surface area contributed by atoms with Crippen molar-refractivity contribution in [3.63, 3.8) is 0 Å². The first-order valence-corrected chi connectivity index (χ1v) is 14.6. The van der Waals surface area contributed by atoms with Crippen molar-refractivity contribution in [1.82, 2.24) is 4.57 Å². The van der Waals surface area contributed by atoms with Crippen molar-refractivity contribution >= 4 is 46.6 Å². The summed E-state index contributed by atoms with van der Waals surface area (Å²) in [6.45, 7) is 1.75. The van der Waals surface area contributed by atoms with Crippen LogP contribution in [0.1, 0.15) is 34.6 Å². The molecule has 5 aromatic rings. The highest BCUT2D eigenvalue weighted by atomic mass is 35.5. The van der Waals surface area contributed by atoms with Crippen LogP contribution in [0.25, 0.3) is 17.4 Å². The fraction of sp³-hybridized carbons (Fsp3) is 0.0909. The van der Waals surface area contributed by atoms with Crippen LogP contribution in [0.2, 0.25) is 5.02 Å². The molecule has 0 radical (unpaired) electrons. The molecule has 0 saturated carbocycles. The zero-order valence-corrected chi connectivity index (χ0v) is 25.0. The minimum absolute atomic E-state index is 0.0459. The molecule has 0 unspecified atom stereocenters. The Morgan fingerprint density at radius 1 is 1.07 bits per heavy atom. The highest BCUT2D eigenvalue weighted by Gasteiger charge is 2.33. The lowest BCUT2D eigenvalue weighted by Gasteiger charge is -2.25. The fourth-order valence-corrected chi connectivity index (χ4v) is 6.24. The molecule has 0 spiro atoms. The first kappa shape index (κ1) is 28.9. The van der Waals surface area contributed by atoms with E-state index in [1.165, 1.54) is 28.0 Å². The quantitative estimate of drug-likeness (QED) is 0.246. The molecule has 3 aromatic carbocycles. The molecule has 2 N–H and O–H groups in total. The molecule has 6 rings (SSSR count). The molecule has 44 heavy (non-hydrogen) atoms. The van der Waals surface area contributed by atoms with Crippen molar-refractivity contribution in [1.29, 1.82) is 0 Å². The molecule has 3 heterocycles. The number of para-hydroxylation sites is 1. The second-order valence-corrected chi connectivity index (χ2v) is 11.3. The van der Waals surface area contributed by atoms with Gasteiger partial charge in [0.25, 0.3) is 11.5 Å². The summed E-state index contributed by atoms with van der Waals surface area (Å²) in [5.74, 6) is -0.152. The number of hydrogen-bond donors (Lipinski definition) is 2. The number of amides is 1. The number of ether oxygens (including phenoxy) is 1. The third kappa shape index (κ3) is 5.48. The minimum atomic E-state index is -1.15. The molecule has 220 valence electrons. The monoisotopic (exact) mass is 625 g/mol. The number of benzene rings is 3. The first-order valence-electron chi connectivity index (χ1n) is 13.4. The number of carbonyl (C=O) groups excluding carboxylic acids is 1. The van der Waals surface area contributed by atoms with E-state index in [0.29, 0.717) is 54.7 Å². The zero-order valence-electron chi connectivity index (χ0n) is 23.4. The number of fused-ring (bicyclic) bond motifs is 1. The maximum absolute atomic E-state index is 14.0. The van der Waals surface area contributed by atoms with Crippen molar-refractivity contribution in [2.75, 3.05) is 12.4 Å². The zero-order chi connectivity index (χ0) is 31.0. The number of aromatic nitrogens is 1. The smallest absolute Gasteiger partial charge is 0.337 e. The van der Waals surface area contributed by atoms with E-state index in [-0.39, 0.29) is 22.1 Å². The van der Waals surface area contributed by atoms with Gasteiger partial charge in [-0.05, 0) is 67.1 Å². The number of carboxylic acids is 1. The summed E-state index contributed by atoms with van der Waals surface area (Å²) < 4.78 is 13.3. The average Bonchev–Trinajstić information content (AvgIpc) is 3.61. The number of carboxylic acid groups (broad SMARTS) is 1. The van der Waals surface area contributed by atoms with Gasteiger partial charge in [-0.3, -0.25) is 14.2 Å². The van der Waals surface area contributed by atoms with E-state index >= 15 is 0 Å². The largest absolute Gasteiger partial charge is 0.497 e. The lowest BCUT2D eigenvalue weighted by atomic mass is 9.95. The Labute approximate surface area is 259 Å². The highest BCUT2D eigenvalue weighted by molar-refractivity contribution is 7.07. The van der Waals surface area contributed by atoms with Crippen molar-refractivity contribution in [2.24, 2.45) is 4.99 Å². The molecule has 11 heteroatoms. The third-order valence-electron chi connectivity index (χ3n) is 7.09. The van der Waals surface area contributed by atoms with Crippen molar-refractivity contribution in [2.45, 2.75) is 13.0 Å². The summed E-state index contributed by atoms with van der Waals surface area (Å²) in [5.41, 5.74) is 2.24. The number of rotatable bonds is 7. The van der Waals surface area contributed by atoms with E-state index in [2.05, 4.69) is 10.3 Å². The van der Waals surface area contributed by atoms with Gasteiger partial charge in [0.1, 0.15) is 17.3 Å². The van der Waals surface area contributed by atoms with E-state index in [0.717, 1.165) is 0 Å². The number of nitrogens with one attached hydrogen (secondary N) is 1. The molecule has 1 atom stereocenters. The minimum Gasteiger partial charge on any atom is -0.497 e. The lowest BCUT2D eigenvalue weighted by Crippen LogP contribution is -2.40. The second kappa shape index (κ2) is 11.8. The van der Waals surface area contributed by atoms with E-state index in [4.69, 9.17) is 20.8 Å². The van der Waals surface area contributed by atoms with Crippen molar-refractivity contribution in [3.8, 4) is 17.1 Å².